The van der Waals surface area contributed by atoms with Gasteiger partial charge in [0.1, 0.15) is 0 Å². The van der Waals surface area contributed by atoms with Crippen molar-refractivity contribution in [3.63, 3.8) is 0 Å². The van der Waals surface area contributed by atoms with Crippen molar-refractivity contribution >= 4 is 0 Å². The Hall–Kier alpha value is -0.990. The van der Waals surface area contributed by atoms with Crippen molar-refractivity contribution < 1.29 is 13.2 Å². The van der Waals surface area contributed by atoms with Gasteiger partial charge in [0.15, 0.2) is 0 Å². The van der Waals surface area contributed by atoms with Gasteiger partial charge in [-0.15, -0.1) is 0 Å². The van der Waals surface area contributed by atoms with E-state index in [4.69, 9.17) is 0 Å². The third-order valence-electron chi connectivity index (χ3n) is 4.79. The summed E-state index contributed by atoms with van der Waals surface area (Å²) in [7, 11) is 0. The molecule has 0 saturated carbocycles. The summed E-state index contributed by atoms with van der Waals surface area (Å²) >= 11 is 0. The van der Waals surface area contributed by atoms with Gasteiger partial charge in [-0.1, -0.05) is 60.6 Å². The lowest BCUT2D eigenvalue weighted by Crippen LogP contribution is -2.47. The van der Waals surface area contributed by atoms with Crippen LogP contribution < -0.4 is 0 Å². The lowest BCUT2D eigenvalue weighted by atomic mass is 9.52. The van der Waals surface area contributed by atoms with Gasteiger partial charge in [0.25, 0.3) is 0 Å². The summed E-state index contributed by atoms with van der Waals surface area (Å²) in [6.07, 6.45) is -4.28. The van der Waals surface area contributed by atoms with Crippen molar-refractivity contribution in [2.45, 2.75) is 60.1 Å². The second-order valence-corrected chi connectivity index (χ2v) is 7.70. The SMILES string of the molecule is CC(C)(C)C(C)(c1ccc(C(F)(F)F)cc1)C(C)(C)C. The van der Waals surface area contributed by atoms with Crippen molar-refractivity contribution in [1.29, 1.82) is 0 Å². The maximum Gasteiger partial charge on any atom is 0.416 e. The predicted octanol–water partition coefficient (Wildman–Crippen LogP) is 6.06. The first-order valence-electron chi connectivity index (χ1n) is 6.89. The average Bonchev–Trinajstić information content (AvgIpc) is 2.24. The summed E-state index contributed by atoms with van der Waals surface area (Å²) in [6.45, 7) is 14.9. The second kappa shape index (κ2) is 4.78. The molecule has 114 valence electrons. The zero-order valence-electron chi connectivity index (χ0n) is 13.4. The van der Waals surface area contributed by atoms with Crippen LogP contribution in [0, 0.1) is 10.8 Å². The van der Waals surface area contributed by atoms with Gasteiger partial charge in [0, 0.05) is 5.41 Å². The summed E-state index contributed by atoms with van der Waals surface area (Å²) < 4.78 is 38.1. The lowest BCUT2D eigenvalue weighted by Gasteiger charge is -2.52. The van der Waals surface area contributed by atoms with Crippen LogP contribution in [0.1, 0.15) is 59.6 Å². The third-order valence-corrected chi connectivity index (χ3v) is 4.79. The van der Waals surface area contributed by atoms with E-state index in [-0.39, 0.29) is 16.2 Å². The molecule has 1 aromatic rings. The van der Waals surface area contributed by atoms with E-state index in [0.29, 0.717) is 0 Å². The molecule has 0 fully saturated rings. The van der Waals surface area contributed by atoms with Gasteiger partial charge in [0.2, 0.25) is 0 Å². The molecule has 0 N–H and O–H groups in total. The minimum absolute atomic E-state index is 0.0645. The average molecular weight is 286 g/mol. The van der Waals surface area contributed by atoms with Gasteiger partial charge in [0.05, 0.1) is 5.56 Å². The van der Waals surface area contributed by atoms with Crippen LogP contribution in [0.15, 0.2) is 24.3 Å². The van der Waals surface area contributed by atoms with Crippen LogP contribution in [-0.4, -0.2) is 0 Å². The standard InChI is InChI=1S/C17H25F3/c1-14(2,3)16(7,15(4,5)6)12-8-10-13(11-9-12)17(18,19)20/h8-11H,1-7H3. The number of alkyl halides is 3. The molecule has 1 rings (SSSR count). The molecule has 0 saturated heterocycles. The Bertz CT molecular complexity index is 439. The fraction of sp³-hybridized carbons (Fsp3) is 0.647. The third kappa shape index (κ3) is 2.87. The van der Waals surface area contributed by atoms with Crippen LogP contribution in [0.4, 0.5) is 13.2 Å². The van der Waals surface area contributed by atoms with E-state index < -0.39 is 11.7 Å². The molecule has 1 aromatic carbocycles. The van der Waals surface area contributed by atoms with Crippen LogP contribution in [0.25, 0.3) is 0 Å². The van der Waals surface area contributed by atoms with Crippen molar-refractivity contribution in [3.05, 3.63) is 35.4 Å². The van der Waals surface area contributed by atoms with E-state index in [1.807, 2.05) is 0 Å². The zero-order chi connectivity index (χ0) is 16.0. The fourth-order valence-corrected chi connectivity index (χ4v) is 2.98. The van der Waals surface area contributed by atoms with E-state index >= 15 is 0 Å². The Morgan fingerprint density at radius 1 is 0.600 bits per heavy atom. The van der Waals surface area contributed by atoms with Crippen LogP contribution in [0.2, 0.25) is 0 Å². The lowest BCUT2D eigenvalue weighted by molar-refractivity contribution is -0.137. The number of hydrogen-bond donors (Lipinski definition) is 0. The highest BCUT2D eigenvalue weighted by atomic mass is 19.4. The molecule has 0 radical (unpaired) electrons. The Morgan fingerprint density at radius 3 is 1.15 bits per heavy atom. The summed E-state index contributed by atoms with van der Waals surface area (Å²) in [5, 5.41) is 0. The first-order chi connectivity index (χ1) is 8.71. The highest BCUT2D eigenvalue weighted by Gasteiger charge is 2.48. The van der Waals surface area contributed by atoms with Gasteiger partial charge in [-0.25, -0.2) is 0 Å². The minimum Gasteiger partial charge on any atom is -0.166 e. The second-order valence-electron chi connectivity index (χ2n) is 7.70. The molecule has 0 spiro atoms. The largest absolute Gasteiger partial charge is 0.416 e. The maximum atomic E-state index is 12.7. The summed E-state index contributed by atoms with van der Waals surface area (Å²) in [5.74, 6) is 0. The molecule has 0 bridgehead atoms. The van der Waals surface area contributed by atoms with E-state index in [0.717, 1.165) is 5.56 Å². The molecular formula is C17H25F3. The van der Waals surface area contributed by atoms with E-state index in [9.17, 15) is 13.2 Å². The number of halogens is 3. The molecule has 20 heavy (non-hydrogen) atoms. The van der Waals surface area contributed by atoms with Crippen LogP contribution in [0.5, 0.6) is 0 Å². The quantitative estimate of drug-likeness (QED) is 0.589. The number of rotatable bonds is 1. The summed E-state index contributed by atoms with van der Waals surface area (Å²) in [5.41, 5.74) is -0.00273. The van der Waals surface area contributed by atoms with Crippen molar-refractivity contribution in [2.75, 3.05) is 0 Å². The molecule has 0 aliphatic rings. The Kier molecular flexibility index (Phi) is 4.08. The van der Waals surface area contributed by atoms with Gasteiger partial charge in [-0.05, 0) is 28.5 Å². The zero-order valence-corrected chi connectivity index (χ0v) is 13.4. The first-order valence-corrected chi connectivity index (χ1v) is 6.89. The molecule has 3 heteroatoms. The van der Waals surface area contributed by atoms with Crippen LogP contribution >= 0.6 is 0 Å². The predicted molar refractivity (Wildman–Crippen MR) is 77.7 cm³/mol. The number of benzene rings is 1. The maximum absolute atomic E-state index is 12.7. The van der Waals surface area contributed by atoms with Gasteiger partial charge in [-0.2, -0.15) is 13.2 Å². The Morgan fingerprint density at radius 2 is 0.900 bits per heavy atom. The molecule has 0 nitrogen and oxygen atoms in total. The smallest absolute Gasteiger partial charge is 0.166 e. The summed E-state index contributed by atoms with van der Waals surface area (Å²) in [4.78, 5) is 0. The van der Waals surface area contributed by atoms with Gasteiger partial charge < -0.3 is 0 Å². The molecular weight excluding hydrogens is 261 g/mol. The Labute approximate surface area is 120 Å². The van der Waals surface area contributed by atoms with Crippen LogP contribution in [-0.2, 0) is 11.6 Å². The molecule has 0 atom stereocenters. The molecule has 0 aromatic heterocycles. The molecule has 0 aliphatic heterocycles. The topological polar surface area (TPSA) is 0 Å². The first kappa shape index (κ1) is 17.1. The molecule has 0 amide bonds. The number of hydrogen-bond acceptors (Lipinski definition) is 0. The van der Waals surface area contributed by atoms with Crippen molar-refractivity contribution in [1.82, 2.24) is 0 Å². The van der Waals surface area contributed by atoms with E-state index in [1.165, 1.54) is 12.1 Å². The fourth-order valence-electron chi connectivity index (χ4n) is 2.98. The highest BCUT2D eigenvalue weighted by molar-refractivity contribution is 5.33. The van der Waals surface area contributed by atoms with Crippen molar-refractivity contribution in [3.8, 4) is 0 Å². The van der Waals surface area contributed by atoms with Crippen LogP contribution in [0.3, 0.4) is 0 Å². The van der Waals surface area contributed by atoms with Gasteiger partial charge >= 0.3 is 6.18 Å². The van der Waals surface area contributed by atoms with Gasteiger partial charge in [-0.3, -0.25) is 0 Å². The highest BCUT2D eigenvalue weighted by Crippen LogP contribution is 2.53. The molecule has 0 unspecified atom stereocenters. The Balaban J connectivity index is 3.39. The minimum atomic E-state index is -4.28. The molecule has 0 heterocycles. The van der Waals surface area contributed by atoms with E-state index in [1.54, 1.807) is 12.1 Å². The normalized spacial score (nSPS) is 14.5. The monoisotopic (exact) mass is 286 g/mol. The van der Waals surface area contributed by atoms with E-state index in [2.05, 4.69) is 48.5 Å². The summed E-state index contributed by atoms with van der Waals surface area (Å²) in [6, 6.07) is 5.62. The van der Waals surface area contributed by atoms with Crippen molar-refractivity contribution in [2.24, 2.45) is 10.8 Å². The molecule has 0 aliphatic carbocycles.